The number of nitrogens with zero attached hydrogens (tertiary/aromatic N) is 4. The van der Waals surface area contributed by atoms with Gasteiger partial charge in [-0.3, -0.25) is 9.56 Å². The van der Waals surface area contributed by atoms with Gasteiger partial charge in [-0.2, -0.15) is 9.97 Å². The summed E-state index contributed by atoms with van der Waals surface area (Å²) < 4.78 is 2.00. The number of hydrogen-bond acceptors (Lipinski definition) is 5. The summed E-state index contributed by atoms with van der Waals surface area (Å²) in [4.78, 5) is 13.1. The minimum Gasteiger partial charge on any atom is -0.354 e. The molecule has 0 unspecified atom stereocenters. The topological polar surface area (TPSA) is 67.1 Å². The first kappa shape index (κ1) is 9.95. The van der Waals surface area contributed by atoms with E-state index in [2.05, 4.69) is 25.6 Å². The van der Waals surface area contributed by atoms with Gasteiger partial charge in [-0.1, -0.05) is 0 Å². The maximum atomic E-state index is 4.36. The van der Waals surface area contributed by atoms with Crippen LogP contribution in [0.3, 0.4) is 0 Å². The first-order valence-corrected chi connectivity index (χ1v) is 5.32. The number of aromatic nitrogens is 3. The molecular weight excluding hydrogens is 192 g/mol. The van der Waals surface area contributed by atoms with Crippen LogP contribution in [0.1, 0.15) is 13.8 Å². The van der Waals surface area contributed by atoms with Gasteiger partial charge < -0.3 is 10.6 Å². The molecule has 0 atom stereocenters. The Morgan fingerprint density at radius 3 is 3.07 bits per heavy atom. The van der Waals surface area contributed by atoms with Gasteiger partial charge in [0.2, 0.25) is 17.5 Å². The van der Waals surface area contributed by atoms with Crippen LogP contribution < -0.4 is 16.3 Å². The first-order valence-electron chi connectivity index (χ1n) is 5.32. The van der Waals surface area contributed by atoms with Gasteiger partial charge in [-0.05, 0) is 13.8 Å². The summed E-state index contributed by atoms with van der Waals surface area (Å²) >= 11 is 0. The third kappa shape index (κ3) is 1.93. The zero-order chi connectivity index (χ0) is 10.7. The first-order chi connectivity index (χ1) is 7.35. The second kappa shape index (κ2) is 4.29. The Kier molecular flexibility index (Phi) is 2.84. The molecule has 2 N–H and O–H groups in total. The van der Waals surface area contributed by atoms with Gasteiger partial charge in [0.05, 0.1) is 0 Å². The molecule has 6 nitrogen and oxygen atoms in total. The van der Waals surface area contributed by atoms with Crippen molar-refractivity contribution in [3.8, 4) is 0 Å². The van der Waals surface area contributed by atoms with Gasteiger partial charge in [0.25, 0.3) is 0 Å². The highest BCUT2D eigenvalue weighted by atomic mass is 15.3. The molecule has 15 heavy (non-hydrogen) atoms. The van der Waals surface area contributed by atoms with Crippen LogP contribution in [0.25, 0.3) is 0 Å². The molecule has 0 saturated carbocycles. The second-order valence-electron chi connectivity index (χ2n) is 3.25. The molecule has 0 bridgehead atoms. The average Bonchev–Trinajstić information content (AvgIpc) is 2.67. The molecular formula is C9H16N6. The summed E-state index contributed by atoms with van der Waals surface area (Å²) in [5.41, 5.74) is 0.753. The second-order valence-corrected chi connectivity index (χ2v) is 3.25. The summed E-state index contributed by atoms with van der Waals surface area (Å²) in [5.74, 6) is 1.50. The van der Waals surface area contributed by atoms with Gasteiger partial charge >= 0.3 is 0 Å². The van der Waals surface area contributed by atoms with E-state index >= 15 is 0 Å². The number of anilines is 2. The van der Waals surface area contributed by atoms with E-state index in [1.54, 1.807) is 0 Å². The Balaban J connectivity index is 2.48. The fraction of sp³-hybridized carbons (Fsp3) is 0.667. The number of rotatable bonds is 3. The van der Waals surface area contributed by atoms with Crippen molar-refractivity contribution < 1.29 is 0 Å². The van der Waals surface area contributed by atoms with Crippen LogP contribution in [0.15, 0.2) is 4.99 Å². The molecule has 0 aromatic carbocycles. The molecule has 1 aromatic rings. The average molecular weight is 208 g/mol. The van der Waals surface area contributed by atoms with Crippen LogP contribution in [0, 0.1) is 0 Å². The van der Waals surface area contributed by atoms with E-state index < -0.39 is 0 Å². The zero-order valence-corrected chi connectivity index (χ0v) is 9.12. The molecule has 0 saturated heterocycles. The lowest BCUT2D eigenvalue weighted by atomic mass is 10.6. The highest BCUT2D eigenvalue weighted by Crippen LogP contribution is 2.08. The van der Waals surface area contributed by atoms with E-state index in [0.29, 0.717) is 5.95 Å². The molecule has 0 amide bonds. The quantitative estimate of drug-likeness (QED) is 0.737. The lowest BCUT2D eigenvalue weighted by molar-refractivity contribution is 0.696. The molecule has 1 aliphatic rings. The van der Waals surface area contributed by atoms with Gasteiger partial charge in [-0.15, -0.1) is 0 Å². The van der Waals surface area contributed by atoms with Crippen LogP contribution in [-0.2, 0) is 6.54 Å². The van der Waals surface area contributed by atoms with Gasteiger partial charge in [-0.25, -0.2) is 0 Å². The Hall–Kier alpha value is -1.59. The molecule has 0 aliphatic carbocycles. The van der Waals surface area contributed by atoms with E-state index in [1.165, 1.54) is 0 Å². The Labute approximate surface area is 88.5 Å². The summed E-state index contributed by atoms with van der Waals surface area (Å²) in [5, 5.41) is 6.31. The SMILES string of the molecule is CCN=c1nc(NCC)nc2n1CCN2. The molecule has 82 valence electrons. The summed E-state index contributed by atoms with van der Waals surface area (Å²) in [7, 11) is 0. The monoisotopic (exact) mass is 208 g/mol. The lowest BCUT2D eigenvalue weighted by Gasteiger charge is -2.06. The standard InChI is InChI=1S/C9H16N6/c1-3-10-7-13-8(11-4-2)15-6-5-12-9(15)14-7/h3-6H2,1-2H3,(H2,10,11,12,13,14). The molecule has 0 fully saturated rings. The van der Waals surface area contributed by atoms with Crippen molar-refractivity contribution in [3.05, 3.63) is 5.62 Å². The van der Waals surface area contributed by atoms with E-state index in [0.717, 1.165) is 37.7 Å². The van der Waals surface area contributed by atoms with Crippen LogP contribution >= 0.6 is 0 Å². The Bertz CT molecular complexity index is 408. The molecule has 0 radical (unpaired) electrons. The molecule has 6 heteroatoms. The third-order valence-electron chi connectivity index (χ3n) is 2.17. The molecule has 1 aromatic heterocycles. The maximum absolute atomic E-state index is 4.36. The van der Waals surface area contributed by atoms with Crippen molar-refractivity contribution in [1.29, 1.82) is 0 Å². The highest BCUT2D eigenvalue weighted by molar-refractivity contribution is 5.36. The van der Waals surface area contributed by atoms with Crippen molar-refractivity contribution in [2.24, 2.45) is 4.99 Å². The van der Waals surface area contributed by atoms with Crippen molar-refractivity contribution in [2.45, 2.75) is 20.4 Å². The summed E-state index contributed by atoms with van der Waals surface area (Å²) in [6, 6.07) is 0. The minimum atomic E-state index is 0.644. The number of fused-ring (bicyclic) bond motifs is 1. The van der Waals surface area contributed by atoms with Gasteiger partial charge in [0.1, 0.15) is 0 Å². The highest BCUT2D eigenvalue weighted by Gasteiger charge is 2.13. The molecule has 0 spiro atoms. The van der Waals surface area contributed by atoms with E-state index in [9.17, 15) is 0 Å². The van der Waals surface area contributed by atoms with E-state index in [4.69, 9.17) is 0 Å². The summed E-state index contributed by atoms with van der Waals surface area (Å²) in [6.45, 7) is 7.37. The normalized spacial score (nSPS) is 14.9. The van der Waals surface area contributed by atoms with E-state index in [1.807, 2.05) is 18.4 Å². The summed E-state index contributed by atoms with van der Waals surface area (Å²) in [6.07, 6.45) is 0. The zero-order valence-electron chi connectivity index (χ0n) is 9.12. The van der Waals surface area contributed by atoms with Crippen molar-refractivity contribution in [1.82, 2.24) is 14.5 Å². The maximum Gasteiger partial charge on any atom is 0.230 e. The third-order valence-corrected chi connectivity index (χ3v) is 2.17. The van der Waals surface area contributed by atoms with Crippen LogP contribution in [0.2, 0.25) is 0 Å². The smallest absolute Gasteiger partial charge is 0.230 e. The fourth-order valence-electron chi connectivity index (χ4n) is 1.56. The predicted molar refractivity (Wildman–Crippen MR) is 58.8 cm³/mol. The van der Waals surface area contributed by atoms with Gasteiger partial charge in [0.15, 0.2) is 0 Å². The number of nitrogens with one attached hydrogen (secondary N) is 2. The molecule has 1 aliphatic heterocycles. The van der Waals surface area contributed by atoms with Crippen molar-refractivity contribution in [2.75, 3.05) is 30.3 Å². The largest absolute Gasteiger partial charge is 0.354 e. The van der Waals surface area contributed by atoms with Crippen LogP contribution in [-0.4, -0.2) is 34.2 Å². The molecule has 2 heterocycles. The minimum absolute atomic E-state index is 0.644. The van der Waals surface area contributed by atoms with Crippen molar-refractivity contribution in [3.63, 3.8) is 0 Å². The lowest BCUT2D eigenvalue weighted by Crippen LogP contribution is -2.25. The van der Waals surface area contributed by atoms with Crippen molar-refractivity contribution >= 4 is 11.9 Å². The fourth-order valence-corrected chi connectivity index (χ4v) is 1.56. The number of hydrogen-bond donors (Lipinski definition) is 2. The Morgan fingerprint density at radius 1 is 1.47 bits per heavy atom. The van der Waals surface area contributed by atoms with E-state index in [-0.39, 0.29) is 0 Å². The van der Waals surface area contributed by atoms with Gasteiger partial charge in [0, 0.05) is 26.2 Å². The van der Waals surface area contributed by atoms with Crippen LogP contribution in [0.5, 0.6) is 0 Å². The predicted octanol–water partition coefficient (Wildman–Crippen LogP) is 0.0560. The Morgan fingerprint density at radius 2 is 2.33 bits per heavy atom. The van der Waals surface area contributed by atoms with Crippen LogP contribution in [0.4, 0.5) is 11.9 Å². The molecule has 2 rings (SSSR count).